The third-order valence-electron chi connectivity index (χ3n) is 15.4. The average Bonchev–Trinajstić information content (AvgIpc) is 1.82. The summed E-state index contributed by atoms with van der Waals surface area (Å²) < 4.78 is 0. The van der Waals surface area contributed by atoms with Crippen LogP contribution in [-0.2, 0) is 86.4 Å². The molecule has 0 saturated carbocycles. The number of hydrogen-bond acceptors (Lipinski definition) is 22. The van der Waals surface area contributed by atoms with Crippen molar-refractivity contribution in [3.63, 3.8) is 0 Å². The Kier molecular flexibility index (Phi) is 36.8. The molecule has 0 aliphatic heterocycles. The maximum atomic E-state index is 14.6. The molecule has 3 rings (SSSR count). The first-order valence-electron chi connectivity index (χ1n) is 32.1. The number of hydrogen-bond donors (Lipinski definition) is 23. The number of thiol groups is 2. The Morgan fingerprint density at radius 3 is 1.39 bits per heavy atom. The molecule has 558 valence electrons. The number of nitrogens with one attached hydrogen (secondary N) is 14. The molecule has 1 aromatic carbocycles. The second-order valence-electron chi connectivity index (χ2n) is 23.9. The summed E-state index contributed by atoms with van der Waals surface area (Å²) in [6.07, 6.45) is -0.226. The molecule has 14 atom stereocenters. The van der Waals surface area contributed by atoms with Crippen LogP contribution in [0.4, 0.5) is 0 Å². The molecule has 0 aliphatic rings. The SMILES string of the molecule is CC[C@H](C)[C@H](NC(=O)[C@H](CS)NC(=O)CN)C(=O)N[C@@H](CCC(=O)O)C(=O)N[C@@H](CCCN=C(N)N)C(=O)N[C@H](C(=O)N[C@@H](Cc1cnc[nH]1)C(=O)N[C@H](C(=O)N[C@@H](Cc1ccccc1)C(=O)N[C@@H](CS)C(=O)N[C@@H](Cc1cnc[nH]1)C(=O)N[C@H](C(=O)NCC(=O)O)[C@@H](C)O)C(C)C)[C@@H](C)O. The van der Waals surface area contributed by atoms with Crippen LogP contribution in [0.15, 0.2) is 60.4 Å². The first-order chi connectivity index (χ1) is 47.7. The number of nitrogens with two attached hydrogens (primary N) is 3. The number of H-pyrrole nitrogens is 2. The first kappa shape index (κ1) is 85.3. The Balaban J connectivity index is 1.96. The van der Waals surface area contributed by atoms with Crippen molar-refractivity contribution in [2.24, 2.45) is 34.0 Å². The highest BCUT2D eigenvalue weighted by Crippen LogP contribution is 2.14. The number of nitrogens with zero attached hydrogens (tertiary/aromatic N) is 3. The number of aromatic amines is 2. The number of carboxylic acid groups (broad SMARTS) is 2. The van der Waals surface area contributed by atoms with Crippen LogP contribution in [0, 0.1) is 11.8 Å². The van der Waals surface area contributed by atoms with E-state index in [2.05, 4.69) is 114 Å². The van der Waals surface area contributed by atoms with Gasteiger partial charge >= 0.3 is 11.9 Å². The van der Waals surface area contributed by atoms with Crippen molar-refractivity contribution in [1.82, 2.24) is 83.7 Å². The van der Waals surface area contributed by atoms with Gasteiger partial charge in [-0.2, -0.15) is 25.3 Å². The minimum Gasteiger partial charge on any atom is -0.481 e. The van der Waals surface area contributed by atoms with Gasteiger partial charge in [0.15, 0.2) is 5.96 Å². The molecule has 0 unspecified atom stereocenters. The van der Waals surface area contributed by atoms with Crippen LogP contribution in [-0.4, -0.2) is 239 Å². The number of carbonyl (C=O) groups is 14. The Morgan fingerprint density at radius 2 is 0.911 bits per heavy atom. The molecule has 0 bridgehead atoms. The summed E-state index contributed by atoms with van der Waals surface area (Å²) in [5, 5.41) is 69.7. The highest BCUT2D eigenvalue weighted by molar-refractivity contribution is 7.80. The molecule has 0 saturated heterocycles. The largest absolute Gasteiger partial charge is 0.481 e. The normalized spacial score (nSPS) is 15.2. The van der Waals surface area contributed by atoms with Crippen LogP contribution in [0.3, 0.4) is 0 Å². The number of carbonyl (C=O) groups excluding carboxylic acids is 12. The molecule has 38 nitrogen and oxygen atoms in total. The van der Waals surface area contributed by atoms with Crippen molar-refractivity contribution < 1.29 is 87.5 Å². The lowest BCUT2D eigenvalue weighted by Gasteiger charge is -2.30. The molecule has 0 fully saturated rings. The summed E-state index contributed by atoms with van der Waals surface area (Å²) in [5.41, 5.74) is 17.5. The molecule has 0 spiro atoms. The van der Waals surface area contributed by atoms with Crippen molar-refractivity contribution in [2.75, 3.05) is 31.1 Å². The van der Waals surface area contributed by atoms with Gasteiger partial charge in [-0.3, -0.25) is 72.1 Å². The average molecular weight is 1460 g/mol. The molecule has 12 amide bonds. The molecule has 24 N–H and O–H groups in total. The van der Waals surface area contributed by atoms with Gasteiger partial charge < -0.3 is 111 Å². The summed E-state index contributed by atoms with van der Waals surface area (Å²) in [5.74, 6) is -17.0. The van der Waals surface area contributed by atoms with Gasteiger partial charge in [-0.1, -0.05) is 64.4 Å². The number of aliphatic hydroxyl groups excluding tert-OH is 2. The van der Waals surface area contributed by atoms with Gasteiger partial charge in [0.1, 0.15) is 73.0 Å². The number of aliphatic imine (C=N–C) groups is 1. The van der Waals surface area contributed by atoms with E-state index in [0.717, 1.165) is 13.8 Å². The van der Waals surface area contributed by atoms with E-state index in [1.165, 1.54) is 25.0 Å². The van der Waals surface area contributed by atoms with Crippen LogP contribution < -0.4 is 81.0 Å². The second-order valence-corrected chi connectivity index (χ2v) is 24.6. The quantitative estimate of drug-likeness (QED) is 0.0108. The molecule has 0 radical (unpaired) electrons. The van der Waals surface area contributed by atoms with Crippen molar-refractivity contribution in [3.05, 3.63) is 72.3 Å². The molecule has 2 aromatic heterocycles. The zero-order valence-corrected chi connectivity index (χ0v) is 58.3. The van der Waals surface area contributed by atoms with Gasteiger partial charge in [0.2, 0.25) is 70.9 Å². The number of aliphatic hydroxyl groups is 2. The predicted octanol–water partition coefficient (Wildman–Crippen LogP) is -7.11. The summed E-state index contributed by atoms with van der Waals surface area (Å²) in [6.45, 7) is 7.27. The topological polar surface area (TPSA) is 612 Å². The molecule has 40 heteroatoms. The minimum atomic E-state index is -1.92. The number of aromatic nitrogens is 4. The molecular weight excluding hydrogens is 1360 g/mol. The molecule has 0 aliphatic carbocycles. The van der Waals surface area contributed by atoms with E-state index < -0.39 is 205 Å². The highest BCUT2D eigenvalue weighted by atomic mass is 32.1. The van der Waals surface area contributed by atoms with E-state index in [0.29, 0.717) is 17.7 Å². The van der Waals surface area contributed by atoms with Crippen molar-refractivity contribution in [1.29, 1.82) is 0 Å². The maximum Gasteiger partial charge on any atom is 0.322 e. The lowest BCUT2D eigenvalue weighted by atomic mass is 9.97. The van der Waals surface area contributed by atoms with E-state index in [9.17, 15) is 82.4 Å². The monoisotopic (exact) mass is 1460 g/mol. The van der Waals surface area contributed by atoms with Crippen molar-refractivity contribution in [3.8, 4) is 0 Å². The lowest BCUT2D eigenvalue weighted by Crippen LogP contribution is -2.63. The van der Waals surface area contributed by atoms with Crippen LogP contribution in [0.25, 0.3) is 0 Å². The third kappa shape index (κ3) is 29.8. The van der Waals surface area contributed by atoms with E-state index >= 15 is 0 Å². The van der Waals surface area contributed by atoms with E-state index in [4.69, 9.17) is 22.3 Å². The van der Waals surface area contributed by atoms with Gasteiger partial charge in [-0.15, -0.1) is 0 Å². The smallest absolute Gasteiger partial charge is 0.322 e. The second kappa shape index (κ2) is 43.6. The van der Waals surface area contributed by atoms with E-state index in [1.807, 2.05) is 0 Å². The van der Waals surface area contributed by atoms with Crippen LogP contribution in [0.2, 0.25) is 0 Å². The Morgan fingerprint density at radius 1 is 0.505 bits per heavy atom. The molecular formula is C61H94N20O18S2. The third-order valence-corrected chi connectivity index (χ3v) is 16.1. The fraction of sp³-hybridized carbons (Fsp3) is 0.557. The number of benzene rings is 1. The fourth-order valence-electron chi connectivity index (χ4n) is 9.60. The number of carboxylic acids is 2. The minimum absolute atomic E-state index is 0.0282. The zero-order chi connectivity index (χ0) is 75.6. The van der Waals surface area contributed by atoms with Gasteiger partial charge in [0.05, 0.1) is 31.4 Å². The Bertz CT molecular complexity index is 3290. The number of guanidine groups is 1. The summed E-state index contributed by atoms with van der Waals surface area (Å²) in [6, 6.07) is -9.01. The lowest BCUT2D eigenvalue weighted by molar-refractivity contribution is -0.139. The standard InChI is InChI=1S/C61H94N20O18S2/c1-7-30(4)47(79-56(95)41(25-100)71-43(84)21-62)59(98)73-37(15-16-44(85)86)50(89)72-36(14-11-17-67-61(63)64)51(90)81-49(32(6)83)60(99)76-40(20-35-23-66-28-70-35)53(92)78-46(29(2)3)58(97)75-38(18-33-12-9-8-10-13-33)52(91)77-42(26-101)55(94)74-39(19-34-22-65-27-69-34)54(93)80-48(31(5)82)57(96)68-24-45(87)88/h8-10,12-13,22-23,27-32,36-42,46-49,82-83,100-101H,7,11,14-21,24-26,62H2,1-6H3,(H,65,69)(H,66,70)(H,68,96)(H,71,84)(H,72,89)(H,73,98)(H,74,94)(H,75,97)(H,76,99)(H,77,91)(H,78,92)(H,79,95)(H,80,93)(H,81,90)(H,85,86)(H,87,88)(H4,63,64,67)/t30-,31+,32+,36-,37-,38-,39-,40-,41-,42-,46-,47-,48-,49-/m0/s1. The summed E-state index contributed by atoms with van der Waals surface area (Å²) in [4.78, 5) is 207. The first-order valence-corrected chi connectivity index (χ1v) is 33.4. The highest BCUT2D eigenvalue weighted by Gasteiger charge is 2.39. The number of amides is 12. The fourth-order valence-corrected chi connectivity index (χ4v) is 10.1. The van der Waals surface area contributed by atoms with Crippen LogP contribution in [0.5, 0.6) is 0 Å². The predicted molar refractivity (Wildman–Crippen MR) is 368 cm³/mol. The van der Waals surface area contributed by atoms with Crippen LogP contribution >= 0.6 is 25.3 Å². The number of imidazole rings is 2. The van der Waals surface area contributed by atoms with Crippen molar-refractivity contribution >= 4 is 114 Å². The molecule has 3 aromatic rings. The van der Waals surface area contributed by atoms with E-state index in [-0.39, 0.29) is 56.1 Å². The maximum absolute atomic E-state index is 14.6. The van der Waals surface area contributed by atoms with Gasteiger partial charge in [0.25, 0.3) is 0 Å². The zero-order valence-electron chi connectivity index (χ0n) is 56.5. The summed E-state index contributed by atoms with van der Waals surface area (Å²) >= 11 is 8.41. The van der Waals surface area contributed by atoms with Crippen LogP contribution in [0.1, 0.15) is 90.6 Å². The summed E-state index contributed by atoms with van der Waals surface area (Å²) in [7, 11) is 0. The Labute approximate surface area is 592 Å². The number of rotatable bonds is 45. The van der Waals surface area contributed by atoms with Gasteiger partial charge in [-0.25, -0.2) is 9.97 Å². The van der Waals surface area contributed by atoms with Gasteiger partial charge in [0, 0.05) is 67.5 Å². The van der Waals surface area contributed by atoms with Crippen molar-refractivity contribution in [2.45, 2.75) is 172 Å². The molecule has 2 heterocycles. The van der Waals surface area contributed by atoms with Gasteiger partial charge in [-0.05, 0) is 50.5 Å². The molecule has 101 heavy (non-hydrogen) atoms. The number of aliphatic carboxylic acids is 2. The van der Waals surface area contributed by atoms with E-state index in [1.54, 1.807) is 58.0 Å². The Hall–Kier alpha value is -9.93.